The average Bonchev–Trinajstić information content (AvgIpc) is 2.79. The number of amides is 2. The number of H-pyrrole nitrogens is 1. The van der Waals surface area contributed by atoms with E-state index in [-0.39, 0.29) is 42.5 Å². The molecule has 0 spiro atoms. The maximum atomic E-state index is 13.6. The minimum atomic E-state index is -0.783. The van der Waals surface area contributed by atoms with E-state index >= 15 is 0 Å². The first kappa shape index (κ1) is 23.8. The van der Waals surface area contributed by atoms with E-state index in [2.05, 4.69) is 10.1 Å². The quantitative estimate of drug-likeness (QED) is 0.608. The molecule has 0 fully saturated rings. The summed E-state index contributed by atoms with van der Waals surface area (Å²) in [4.78, 5) is 54.2. The Morgan fingerprint density at radius 2 is 1.97 bits per heavy atom. The molecule has 1 aromatic heterocycles. The predicted octanol–water partition coefficient (Wildman–Crippen LogP) is 1.07. The first-order valence-corrected chi connectivity index (χ1v) is 10.7. The lowest BCUT2D eigenvalue weighted by Gasteiger charge is -2.27. The van der Waals surface area contributed by atoms with Crippen molar-refractivity contribution in [3.05, 3.63) is 50.7 Å². The van der Waals surface area contributed by atoms with Gasteiger partial charge in [0.1, 0.15) is 17.3 Å². The molecular weight excluding hydrogens is 428 g/mol. The van der Waals surface area contributed by atoms with Gasteiger partial charge < -0.3 is 10.5 Å². The van der Waals surface area contributed by atoms with Crippen molar-refractivity contribution in [1.29, 1.82) is 0 Å². The van der Waals surface area contributed by atoms with E-state index in [0.29, 0.717) is 24.3 Å². The molecule has 1 aliphatic rings. The van der Waals surface area contributed by atoms with Gasteiger partial charge in [0, 0.05) is 32.0 Å². The molecule has 3 N–H and O–H groups in total. The largest absolute Gasteiger partial charge is 0.496 e. The third kappa shape index (κ3) is 4.97. The van der Waals surface area contributed by atoms with Gasteiger partial charge >= 0.3 is 5.69 Å². The van der Waals surface area contributed by atoms with Crippen LogP contribution in [0.4, 0.5) is 11.5 Å². The monoisotopic (exact) mass is 456 g/mol. The standard InChI is InChI=1S/C22H28N6O5/c1-4-5-12-27-19(23)18(20(30)24-22(27)32)28(13-14-8-6-7-9-16(14)33-3)21(31)15-10-11-17(29)26(2)25-15/h6-9H,4-5,10-13,23H2,1-3H3,(H,24,30,32). The summed E-state index contributed by atoms with van der Waals surface area (Å²) in [5.41, 5.74) is 5.44. The SMILES string of the molecule is CCCCn1c(N)c(N(Cc2ccccc2OC)C(=O)C2=NN(C)C(=O)CC2)c(=O)[nH]c1=O. The zero-order chi connectivity index (χ0) is 24.1. The Morgan fingerprint density at radius 1 is 1.24 bits per heavy atom. The molecule has 0 saturated heterocycles. The number of carbonyl (C=O) groups excluding carboxylic acids is 2. The molecule has 2 amide bonds. The highest BCUT2D eigenvalue weighted by Gasteiger charge is 2.31. The van der Waals surface area contributed by atoms with Gasteiger partial charge in [-0.3, -0.25) is 28.8 Å². The van der Waals surface area contributed by atoms with Crippen LogP contribution in [-0.4, -0.2) is 46.2 Å². The molecule has 3 rings (SSSR count). The molecule has 1 aliphatic heterocycles. The smallest absolute Gasteiger partial charge is 0.330 e. The van der Waals surface area contributed by atoms with Gasteiger partial charge in [0.05, 0.1) is 13.7 Å². The Kier molecular flexibility index (Phi) is 7.31. The number of para-hydroxylation sites is 1. The number of aromatic nitrogens is 2. The van der Waals surface area contributed by atoms with Gasteiger partial charge in [0.25, 0.3) is 11.5 Å². The van der Waals surface area contributed by atoms with Gasteiger partial charge in [0.2, 0.25) is 5.91 Å². The van der Waals surface area contributed by atoms with Gasteiger partial charge in [-0.15, -0.1) is 0 Å². The van der Waals surface area contributed by atoms with Crippen LogP contribution < -0.4 is 26.6 Å². The van der Waals surface area contributed by atoms with Crippen molar-refractivity contribution in [1.82, 2.24) is 14.6 Å². The number of aromatic amines is 1. The number of nitrogens with two attached hydrogens (primary N) is 1. The van der Waals surface area contributed by atoms with Crippen molar-refractivity contribution in [3.63, 3.8) is 0 Å². The lowest BCUT2D eigenvalue weighted by molar-refractivity contribution is -0.130. The average molecular weight is 457 g/mol. The number of hydrogen-bond acceptors (Lipinski definition) is 7. The van der Waals surface area contributed by atoms with Crippen LogP contribution in [0.15, 0.2) is 39.0 Å². The summed E-state index contributed by atoms with van der Waals surface area (Å²) in [6.07, 6.45) is 1.71. The van der Waals surface area contributed by atoms with Gasteiger partial charge in [-0.1, -0.05) is 31.5 Å². The van der Waals surface area contributed by atoms with E-state index in [9.17, 15) is 19.2 Å². The second kappa shape index (κ2) is 10.2. The molecule has 2 aromatic rings. The van der Waals surface area contributed by atoms with E-state index in [4.69, 9.17) is 10.5 Å². The van der Waals surface area contributed by atoms with Crippen molar-refractivity contribution < 1.29 is 14.3 Å². The number of benzene rings is 1. The summed E-state index contributed by atoms with van der Waals surface area (Å²) in [6.45, 7) is 2.20. The van der Waals surface area contributed by atoms with Crippen LogP contribution in [0.5, 0.6) is 5.75 Å². The molecule has 33 heavy (non-hydrogen) atoms. The minimum Gasteiger partial charge on any atom is -0.496 e. The highest BCUT2D eigenvalue weighted by molar-refractivity contribution is 6.44. The number of hydrogen-bond donors (Lipinski definition) is 2. The molecule has 0 bridgehead atoms. The number of carbonyl (C=O) groups is 2. The second-order valence-electron chi connectivity index (χ2n) is 7.67. The predicted molar refractivity (Wildman–Crippen MR) is 124 cm³/mol. The fourth-order valence-electron chi connectivity index (χ4n) is 3.61. The minimum absolute atomic E-state index is 0.0568. The highest BCUT2D eigenvalue weighted by atomic mass is 16.5. The number of rotatable bonds is 8. The topological polar surface area (TPSA) is 143 Å². The third-order valence-electron chi connectivity index (χ3n) is 5.44. The van der Waals surface area contributed by atoms with E-state index in [0.717, 1.165) is 11.4 Å². The number of nitrogens with one attached hydrogen (secondary N) is 1. The first-order chi connectivity index (χ1) is 15.8. The summed E-state index contributed by atoms with van der Waals surface area (Å²) in [5, 5.41) is 5.20. The van der Waals surface area contributed by atoms with Crippen molar-refractivity contribution in [2.24, 2.45) is 5.10 Å². The number of anilines is 2. The van der Waals surface area contributed by atoms with Crippen molar-refractivity contribution in [3.8, 4) is 5.75 Å². The molecule has 11 nitrogen and oxygen atoms in total. The van der Waals surface area contributed by atoms with E-state index in [1.165, 1.54) is 23.6 Å². The third-order valence-corrected chi connectivity index (χ3v) is 5.44. The van der Waals surface area contributed by atoms with Crippen LogP contribution in [0.3, 0.4) is 0 Å². The number of nitrogens with zero attached hydrogens (tertiary/aromatic N) is 4. The number of nitrogen functional groups attached to an aromatic ring is 1. The Hall–Kier alpha value is -3.89. The van der Waals surface area contributed by atoms with Gasteiger partial charge in [-0.05, 0) is 12.5 Å². The van der Waals surface area contributed by atoms with Crippen LogP contribution in [0, 0.1) is 0 Å². The number of hydrazone groups is 1. The molecule has 0 unspecified atom stereocenters. The summed E-state index contributed by atoms with van der Waals surface area (Å²) in [5.74, 6) is -0.393. The fourth-order valence-corrected chi connectivity index (χ4v) is 3.61. The molecule has 2 heterocycles. The summed E-state index contributed by atoms with van der Waals surface area (Å²) in [6, 6.07) is 7.06. The molecule has 176 valence electrons. The fraction of sp³-hybridized carbons (Fsp3) is 0.409. The molecule has 0 aliphatic carbocycles. The lowest BCUT2D eigenvalue weighted by atomic mass is 10.1. The van der Waals surface area contributed by atoms with Crippen molar-refractivity contribution in [2.75, 3.05) is 24.8 Å². The van der Waals surface area contributed by atoms with Gasteiger partial charge in [0.15, 0.2) is 5.69 Å². The van der Waals surface area contributed by atoms with E-state index in [1.807, 2.05) is 6.92 Å². The molecule has 0 radical (unpaired) electrons. The van der Waals surface area contributed by atoms with Crippen LogP contribution in [0.25, 0.3) is 0 Å². The molecule has 11 heteroatoms. The van der Waals surface area contributed by atoms with Crippen molar-refractivity contribution in [2.45, 2.75) is 45.7 Å². The Balaban J connectivity index is 2.16. The van der Waals surface area contributed by atoms with Gasteiger partial charge in [-0.25, -0.2) is 9.80 Å². The van der Waals surface area contributed by atoms with Crippen LogP contribution in [0.2, 0.25) is 0 Å². The normalized spacial score (nSPS) is 13.6. The van der Waals surface area contributed by atoms with Gasteiger partial charge in [-0.2, -0.15) is 5.10 Å². The first-order valence-electron chi connectivity index (χ1n) is 10.7. The summed E-state index contributed by atoms with van der Waals surface area (Å²) < 4.78 is 6.65. The Labute approximate surface area is 190 Å². The summed E-state index contributed by atoms with van der Waals surface area (Å²) >= 11 is 0. The number of unbranched alkanes of at least 4 members (excludes halogenated alkanes) is 1. The summed E-state index contributed by atoms with van der Waals surface area (Å²) in [7, 11) is 2.97. The van der Waals surface area contributed by atoms with Crippen LogP contribution in [-0.2, 0) is 22.7 Å². The molecule has 0 atom stereocenters. The molecule has 0 saturated carbocycles. The molecular formula is C22H28N6O5. The lowest BCUT2D eigenvalue weighted by Crippen LogP contribution is -2.45. The molecule has 1 aromatic carbocycles. The maximum Gasteiger partial charge on any atom is 0.330 e. The Morgan fingerprint density at radius 3 is 2.64 bits per heavy atom. The zero-order valence-electron chi connectivity index (χ0n) is 19.0. The maximum absolute atomic E-state index is 13.6. The van der Waals surface area contributed by atoms with Crippen LogP contribution >= 0.6 is 0 Å². The highest BCUT2D eigenvalue weighted by Crippen LogP contribution is 2.26. The van der Waals surface area contributed by atoms with E-state index in [1.54, 1.807) is 24.3 Å². The van der Waals surface area contributed by atoms with Crippen LogP contribution in [0.1, 0.15) is 38.2 Å². The Bertz CT molecular complexity index is 1200. The van der Waals surface area contributed by atoms with Crippen molar-refractivity contribution >= 4 is 29.0 Å². The zero-order valence-corrected chi connectivity index (χ0v) is 19.0. The number of ether oxygens (including phenoxy) is 1. The van der Waals surface area contributed by atoms with E-state index < -0.39 is 17.2 Å². The second-order valence-corrected chi connectivity index (χ2v) is 7.67. The number of methoxy groups -OCH3 is 1.